The molecule has 1 fully saturated rings. The predicted molar refractivity (Wildman–Crippen MR) is 114 cm³/mol. The van der Waals surface area contributed by atoms with Crippen LogP contribution in [0.4, 0.5) is 15.9 Å². The van der Waals surface area contributed by atoms with Crippen molar-refractivity contribution >= 4 is 17.4 Å². The molecule has 3 aromatic rings. The lowest BCUT2D eigenvalue weighted by molar-refractivity contribution is -0.120. The van der Waals surface area contributed by atoms with E-state index in [0.29, 0.717) is 17.8 Å². The molecule has 1 aliphatic rings. The molecule has 0 unspecified atom stereocenters. The lowest BCUT2D eigenvalue weighted by Crippen LogP contribution is -2.41. The Hall–Kier alpha value is -3.72. The summed E-state index contributed by atoms with van der Waals surface area (Å²) in [6.07, 6.45) is 3.31. The number of amides is 1. The fourth-order valence-electron chi connectivity index (χ4n) is 3.72. The van der Waals surface area contributed by atoms with E-state index >= 15 is 0 Å². The van der Waals surface area contributed by atoms with Crippen LogP contribution in [0.15, 0.2) is 66.9 Å². The van der Waals surface area contributed by atoms with Crippen LogP contribution in [0.3, 0.4) is 0 Å². The van der Waals surface area contributed by atoms with Gasteiger partial charge in [-0.2, -0.15) is 5.26 Å². The standard InChI is InChI=1S/C24H21FN4O/c25-21-8-6-18(7-9-21)19-3-1-5-22(14-19)28-24(30)20-4-2-12-29(16-20)23-13-17(15-26)10-11-27-23/h1,3,5-11,13-14,20H,2,4,12,16H2,(H,28,30)/t20-/m0/s1. The monoisotopic (exact) mass is 400 g/mol. The molecule has 0 bridgehead atoms. The van der Waals surface area contributed by atoms with Gasteiger partial charge in [0.05, 0.1) is 17.6 Å². The van der Waals surface area contributed by atoms with Gasteiger partial charge in [-0.15, -0.1) is 0 Å². The van der Waals surface area contributed by atoms with Gasteiger partial charge in [-0.3, -0.25) is 4.79 Å². The zero-order chi connectivity index (χ0) is 20.9. The lowest BCUT2D eigenvalue weighted by Gasteiger charge is -2.33. The van der Waals surface area contributed by atoms with Crippen LogP contribution in [0.5, 0.6) is 0 Å². The zero-order valence-electron chi connectivity index (χ0n) is 16.4. The van der Waals surface area contributed by atoms with Crippen molar-refractivity contribution in [2.75, 3.05) is 23.3 Å². The van der Waals surface area contributed by atoms with Crippen LogP contribution in [0.1, 0.15) is 18.4 Å². The van der Waals surface area contributed by atoms with E-state index in [-0.39, 0.29) is 17.6 Å². The summed E-state index contributed by atoms with van der Waals surface area (Å²) < 4.78 is 13.2. The maximum atomic E-state index is 13.2. The summed E-state index contributed by atoms with van der Waals surface area (Å²) in [4.78, 5) is 19.3. The van der Waals surface area contributed by atoms with Gasteiger partial charge < -0.3 is 10.2 Å². The molecule has 30 heavy (non-hydrogen) atoms. The Labute approximate surface area is 174 Å². The Morgan fingerprint density at radius 2 is 1.97 bits per heavy atom. The Kier molecular flexibility index (Phi) is 5.71. The molecule has 1 atom stereocenters. The minimum Gasteiger partial charge on any atom is -0.356 e. The number of carbonyl (C=O) groups excluding carboxylic acids is 1. The molecule has 0 aliphatic carbocycles. The fraction of sp³-hybridized carbons (Fsp3) is 0.208. The average Bonchev–Trinajstić information content (AvgIpc) is 2.80. The molecule has 150 valence electrons. The fourth-order valence-corrected chi connectivity index (χ4v) is 3.72. The number of rotatable bonds is 4. The molecule has 1 saturated heterocycles. The van der Waals surface area contributed by atoms with Gasteiger partial charge in [0, 0.05) is 25.0 Å². The number of carbonyl (C=O) groups is 1. The van der Waals surface area contributed by atoms with Crippen molar-refractivity contribution in [1.29, 1.82) is 5.26 Å². The largest absolute Gasteiger partial charge is 0.356 e. The summed E-state index contributed by atoms with van der Waals surface area (Å²) in [7, 11) is 0. The Bertz CT molecular complexity index is 1090. The normalized spacial score (nSPS) is 16.0. The van der Waals surface area contributed by atoms with E-state index in [1.165, 1.54) is 12.1 Å². The Morgan fingerprint density at radius 3 is 2.77 bits per heavy atom. The van der Waals surface area contributed by atoms with E-state index in [2.05, 4.69) is 21.3 Å². The number of nitrogens with one attached hydrogen (secondary N) is 1. The predicted octanol–water partition coefficient (Wildman–Crippen LogP) is 4.61. The van der Waals surface area contributed by atoms with Gasteiger partial charge in [0.2, 0.25) is 5.91 Å². The number of anilines is 2. The van der Waals surface area contributed by atoms with Gasteiger partial charge in [-0.1, -0.05) is 24.3 Å². The topological polar surface area (TPSA) is 69.0 Å². The molecule has 6 heteroatoms. The van der Waals surface area contributed by atoms with E-state index < -0.39 is 0 Å². The minimum atomic E-state index is -0.278. The van der Waals surface area contributed by atoms with Gasteiger partial charge >= 0.3 is 0 Å². The van der Waals surface area contributed by atoms with Crippen LogP contribution in [0, 0.1) is 23.1 Å². The summed E-state index contributed by atoms with van der Waals surface area (Å²) in [5.41, 5.74) is 3.07. The zero-order valence-corrected chi connectivity index (χ0v) is 16.4. The Morgan fingerprint density at radius 1 is 1.13 bits per heavy atom. The molecule has 1 aliphatic heterocycles. The van der Waals surface area contributed by atoms with Crippen LogP contribution < -0.4 is 10.2 Å². The molecular weight excluding hydrogens is 379 g/mol. The first-order valence-electron chi connectivity index (χ1n) is 9.90. The third-order valence-electron chi connectivity index (χ3n) is 5.30. The van der Waals surface area contributed by atoms with Gasteiger partial charge in [0.25, 0.3) is 0 Å². The van der Waals surface area contributed by atoms with E-state index in [0.717, 1.165) is 36.3 Å². The van der Waals surface area contributed by atoms with Crippen LogP contribution >= 0.6 is 0 Å². The number of hydrogen-bond acceptors (Lipinski definition) is 4. The van der Waals surface area contributed by atoms with Crippen molar-refractivity contribution < 1.29 is 9.18 Å². The number of aromatic nitrogens is 1. The maximum Gasteiger partial charge on any atom is 0.229 e. The SMILES string of the molecule is N#Cc1ccnc(N2CCC[C@H](C(=O)Nc3cccc(-c4ccc(F)cc4)c3)C2)c1. The number of nitrogens with zero attached hydrogens (tertiary/aromatic N) is 3. The highest BCUT2D eigenvalue weighted by atomic mass is 19.1. The van der Waals surface area contributed by atoms with Crippen LogP contribution in [0.25, 0.3) is 11.1 Å². The Balaban J connectivity index is 1.45. The number of hydrogen-bond donors (Lipinski definition) is 1. The van der Waals surface area contributed by atoms with E-state index in [4.69, 9.17) is 5.26 Å². The van der Waals surface area contributed by atoms with Gasteiger partial charge in [0.15, 0.2) is 0 Å². The summed E-state index contributed by atoms with van der Waals surface area (Å²) in [5, 5.41) is 12.1. The number of nitriles is 1. The third-order valence-corrected chi connectivity index (χ3v) is 5.30. The number of halogens is 1. The molecule has 2 heterocycles. The molecule has 2 aromatic carbocycles. The molecule has 1 aromatic heterocycles. The van der Waals surface area contributed by atoms with Crippen molar-refractivity contribution in [3.05, 3.63) is 78.2 Å². The molecule has 0 saturated carbocycles. The molecule has 5 nitrogen and oxygen atoms in total. The summed E-state index contributed by atoms with van der Waals surface area (Å²) >= 11 is 0. The van der Waals surface area contributed by atoms with Crippen molar-refractivity contribution in [2.45, 2.75) is 12.8 Å². The molecule has 0 spiro atoms. The first-order chi connectivity index (χ1) is 14.6. The van der Waals surface area contributed by atoms with Crippen LogP contribution in [-0.4, -0.2) is 24.0 Å². The second kappa shape index (κ2) is 8.75. The van der Waals surface area contributed by atoms with Crippen molar-refractivity contribution in [3.8, 4) is 17.2 Å². The average molecular weight is 400 g/mol. The quantitative estimate of drug-likeness (QED) is 0.694. The summed E-state index contributed by atoms with van der Waals surface area (Å²) in [6.45, 7) is 1.37. The highest BCUT2D eigenvalue weighted by Gasteiger charge is 2.26. The van der Waals surface area contributed by atoms with Crippen molar-refractivity contribution in [3.63, 3.8) is 0 Å². The molecule has 4 rings (SSSR count). The summed E-state index contributed by atoms with van der Waals surface area (Å²) in [5.74, 6) is 0.248. The highest BCUT2D eigenvalue weighted by molar-refractivity contribution is 5.93. The highest BCUT2D eigenvalue weighted by Crippen LogP contribution is 2.26. The van der Waals surface area contributed by atoms with E-state index in [1.54, 1.807) is 30.5 Å². The number of pyridine rings is 1. The second-order valence-corrected chi connectivity index (χ2v) is 7.38. The van der Waals surface area contributed by atoms with Crippen molar-refractivity contribution in [1.82, 2.24) is 4.98 Å². The number of benzene rings is 2. The van der Waals surface area contributed by atoms with Crippen LogP contribution in [0.2, 0.25) is 0 Å². The van der Waals surface area contributed by atoms with Gasteiger partial charge in [0.1, 0.15) is 11.6 Å². The number of piperidine rings is 1. The first kappa shape index (κ1) is 19.6. The molecular formula is C24H21FN4O. The van der Waals surface area contributed by atoms with E-state index in [1.807, 2.05) is 24.3 Å². The van der Waals surface area contributed by atoms with Crippen LogP contribution in [-0.2, 0) is 4.79 Å². The molecule has 1 N–H and O–H groups in total. The first-order valence-corrected chi connectivity index (χ1v) is 9.90. The lowest BCUT2D eigenvalue weighted by atomic mass is 9.96. The molecule has 1 amide bonds. The molecule has 0 radical (unpaired) electrons. The second-order valence-electron chi connectivity index (χ2n) is 7.38. The minimum absolute atomic E-state index is 0.0348. The maximum absolute atomic E-state index is 13.2. The van der Waals surface area contributed by atoms with Gasteiger partial charge in [-0.05, 0) is 60.4 Å². The third kappa shape index (κ3) is 4.47. The smallest absolute Gasteiger partial charge is 0.229 e. The van der Waals surface area contributed by atoms with Crippen molar-refractivity contribution in [2.24, 2.45) is 5.92 Å². The van der Waals surface area contributed by atoms with Gasteiger partial charge in [-0.25, -0.2) is 9.37 Å². The summed E-state index contributed by atoms with van der Waals surface area (Å²) in [6, 6.07) is 19.4. The van der Waals surface area contributed by atoms with E-state index in [9.17, 15) is 9.18 Å².